The molecule has 1 aliphatic carbocycles. The van der Waals surface area contributed by atoms with Crippen LogP contribution in [0.25, 0.3) is 22.5 Å². The van der Waals surface area contributed by atoms with Crippen LogP contribution in [0.2, 0.25) is 0 Å². The molecule has 0 spiro atoms. The topological polar surface area (TPSA) is 93.6 Å². The monoisotopic (exact) mass is 336 g/mol. The Balaban J connectivity index is 1.80. The smallest absolute Gasteiger partial charge is 0.228 e. The van der Waals surface area contributed by atoms with Crippen molar-refractivity contribution >= 4 is 11.7 Å². The molecule has 7 nitrogen and oxygen atoms in total. The fourth-order valence-corrected chi connectivity index (χ4v) is 2.41. The summed E-state index contributed by atoms with van der Waals surface area (Å²) in [6.45, 7) is 0. The third kappa shape index (κ3) is 3.18. The molecule has 0 unspecified atom stereocenters. The van der Waals surface area contributed by atoms with E-state index in [1.807, 2.05) is 0 Å². The Kier molecular flexibility index (Phi) is 3.85. The van der Waals surface area contributed by atoms with Gasteiger partial charge in [-0.1, -0.05) is 0 Å². The summed E-state index contributed by atoms with van der Waals surface area (Å²) < 4.78 is 14.2. The molecule has 0 saturated heterocycles. The number of nitrogens with one attached hydrogen (secondary N) is 1. The van der Waals surface area contributed by atoms with Crippen LogP contribution in [-0.4, -0.2) is 30.8 Å². The zero-order valence-electron chi connectivity index (χ0n) is 13.1. The van der Waals surface area contributed by atoms with E-state index in [-0.39, 0.29) is 17.4 Å². The molecule has 3 aromatic rings. The van der Waals surface area contributed by atoms with Gasteiger partial charge in [-0.05, 0) is 18.9 Å². The number of anilines is 1. The van der Waals surface area contributed by atoms with Gasteiger partial charge in [-0.25, -0.2) is 24.3 Å². The number of hydrogen-bond acceptors (Lipinski definition) is 6. The van der Waals surface area contributed by atoms with Crippen LogP contribution in [0.1, 0.15) is 12.8 Å². The second kappa shape index (κ2) is 6.31. The lowest BCUT2D eigenvalue weighted by atomic mass is 10.1. The quantitative estimate of drug-likeness (QED) is 0.787. The highest BCUT2D eigenvalue weighted by atomic mass is 19.1. The molecule has 0 radical (unpaired) electrons. The molecule has 0 aliphatic heterocycles. The molecule has 1 saturated carbocycles. The molecule has 1 fully saturated rings. The second-order valence-corrected chi connectivity index (χ2v) is 5.70. The average Bonchev–Trinajstić information content (AvgIpc) is 3.48. The summed E-state index contributed by atoms with van der Waals surface area (Å²) in [5.74, 6) is -0.228. The molecule has 0 atom stereocenters. The molecule has 1 aliphatic rings. The fourth-order valence-electron chi connectivity index (χ4n) is 2.41. The lowest BCUT2D eigenvalue weighted by Crippen LogP contribution is -2.15. The van der Waals surface area contributed by atoms with Gasteiger partial charge in [0.2, 0.25) is 5.91 Å². The van der Waals surface area contributed by atoms with Gasteiger partial charge in [0.1, 0.15) is 12.0 Å². The van der Waals surface area contributed by atoms with Gasteiger partial charge in [-0.15, -0.1) is 0 Å². The van der Waals surface area contributed by atoms with Crippen molar-refractivity contribution < 1.29 is 9.18 Å². The van der Waals surface area contributed by atoms with Gasteiger partial charge < -0.3 is 5.32 Å². The molecule has 25 heavy (non-hydrogen) atoms. The summed E-state index contributed by atoms with van der Waals surface area (Å²) in [5, 5.41) is 2.75. The standard InChI is InChI=1S/C17H13FN6O/c18-13-7-19-4-3-12(13)16-15(11-5-20-9-21-6-11)23-14(8-22-16)24-17(25)10-1-2-10/h3-10H,1-2H2,(H,23,24,25). The van der Waals surface area contributed by atoms with E-state index in [4.69, 9.17) is 0 Å². The highest BCUT2D eigenvalue weighted by Gasteiger charge is 2.30. The van der Waals surface area contributed by atoms with E-state index in [9.17, 15) is 9.18 Å². The van der Waals surface area contributed by atoms with Crippen molar-refractivity contribution in [2.75, 3.05) is 5.32 Å². The molecule has 3 heterocycles. The Bertz CT molecular complexity index is 929. The zero-order chi connectivity index (χ0) is 17.2. The summed E-state index contributed by atoms with van der Waals surface area (Å²) in [6, 6.07) is 1.52. The van der Waals surface area contributed by atoms with Gasteiger partial charge in [0.15, 0.2) is 11.6 Å². The molecule has 124 valence electrons. The van der Waals surface area contributed by atoms with Gasteiger partial charge in [-0.3, -0.25) is 9.78 Å². The molecular formula is C17H13FN6O. The summed E-state index contributed by atoms with van der Waals surface area (Å²) in [5.41, 5.74) is 1.56. The summed E-state index contributed by atoms with van der Waals surface area (Å²) >= 11 is 0. The second-order valence-electron chi connectivity index (χ2n) is 5.70. The third-order valence-electron chi connectivity index (χ3n) is 3.83. The summed E-state index contributed by atoms with van der Waals surface area (Å²) in [6.07, 6.45) is 10.3. The predicted molar refractivity (Wildman–Crippen MR) is 87.6 cm³/mol. The van der Waals surface area contributed by atoms with Crippen molar-refractivity contribution in [1.82, 2.24) is 24.9 Å². The van der Waals surface area contributed by atoms with Crippen LogP contribution in [-0.2, 0) is 4.79 Å². The van der Waals surface area contributed by atoms with Crippen molar-refractivity contribution in [2.45, 2.75) is 12.8 Å². The number of rotatable bonds is 4. The number of hydrogen-bond donors (Lipinski definition) is 1. The van der Waals surface area contributed by atoms with Crippen LogP contribution in [0.3, 0.4) is 0 Å². The van der Waals surface area contributed by atoms with Gasteiger partial charge in [-0.2, -0.15) is 0 Å². The maximum Gasteiger partial charge on any atom is 0.228 e. The molecule has 1 amide bonds. The van der Waals surface area contributed by atoms with Crippen LogP contribution in [0, 0.1) is 11.7 Å². The molecule has 0 aromatic carbocycles. The predicted octanol–water partition coefficient (Wildman–Crippen LogP) is 2.48. The number of carbonyl (C=O) groups is 1. The van der Waals surface area contributed by atoms with E-state index < -0.39 is 5.82 Å². The first-order valence-electron chi connectivity index (χ1n) is 7.75. The first kappa shape index (κ1) is 15.3. The molecule has 8 heteroatoms. The molecule has 3 aromatic heterocycles. The van der Waals surface area contributed by atoms with E-state index in [1.165, 1.54) is 24.8 Å². The molecule has 1 N–H and O–H groups in total. The average molecular weight is 336 g/mol. The van der Waals surface area contributed by atoms with Crippen molar-refractivity contribution in [3.63, 3.8) is 0 Å². The largest absolute Gasteiger partial charge is 0.309 e. The summed E-state index contributed by atoms with van der Waals surface area (Å²) in [4.78, 5) is 32.4. The maximum atomic E-state index is 14.2. The van der Waals surface area contributed by atoms with E-state index in [0.29, 0.717) is 22.8 Å². The van der Waals surface area contributed by atoms with Gasteiger partial charge in [0.05, 0.1) is 18.1 Å². The van der Waals surface area contributed by atoms with Crippen LogP contribution >= 0.6 is 0 Å². The number of carbonyl (C=O) groups excluding carboxylic acids is 1. The number of pyridine rings is 1. The Morgan fingerprint density at radius 1 is 1.08 bits per heavy atom. The van der Waals surface area contributed by atoms with Gasteiger partial charge >= 0.3 is 0 Å². The Morgan fingerprint density at radius 3 is 2.60 bits per heavy atom. The lowest BCUT2D eigenvalue weighted by molar-refractivity contribution is -0.117. The Hall–Kier alpha value is -3.29. The fraction of sp³-hybridized carbons (Fsp3) is 0.176. The van der Waals surface area contributed by atoms with Gasteiger partial charge in [0.25, 0.3) is 0 Å². The van der Waals surface area contributed by atoms with Crippen molar-refractivity contribution in [3.05, 3.63) is 49.2 Å². The summed E-state index contributed by atoms with van der Waals surface area (Å²) in [7, 11) is 0. The number of nitrogens with zero attached hydrogens (tertiary/aromatic N) is 5. The minimum Gasteiger partial charge on any atom is -0.309 e. The minimum atomic E-state index is -0.510. The SMILES string of the molecule is O=C(Nc1cnc(-c2ccncc2F)c(-c2cncnc2)n1)C1CC1. The van der Waals surface area contributed by atoms with E-state index in [0.717, 1.165) is 19.0 Å². The third-order valence-corrected chi connectivity index (χ3v) is 3.83. The van der Waals surface area contributed by atoms with Crippen molar-refractivity contribution in [3.8, 4) is 22.5 Å². The van der Waals surface area contributed by atoms with Crippen LogP contribution in [0.4, 0.5) is 10.2 Å². The van der Waals surface area contributed by atoms with Gasteiger partial charge in [0, 0.05) is 35.6 Å². The minimum absolute atomic E-state index is 0.0441. The normalized spacial score (nSPS) is 13.5. The zero-order valence-corrected chi connectivity index (χ0v) is 13.1. The maximum absolute atomic E-state index is 14.2. The Morgan fingerprint density at radius 2 is 1.88 bits per heavy atom. The van der Waals surface area contributed by atoms with Crippen LogP contribution in [0.5, 0.6) is 0 Å². The van der Waals surface area contributed by atoms with E-state index in [1.54, 1.807) is 12.4 Å². The van der Waals surface area contributed by atoms with E-state index >= 15 is 0 Å². The highest BCUT2D eigenvalue weighted by Crippen LogP contribution is 2.32. The molecule has 4 rings (SSSR count). The van der Waals surface area contributed by atoms with Crippen LogP contribution in [0.15, 0.2) is 43.4 Å². The van der Waals surface area contributed by atoms with E-state index in [2.05, 4.69) is 30.2 Å². The molecule has 0 bridgehead atoms. The first-order chi connectivity index (χ1) is 12.2. The number of aromatic nitrogens is 5. The lowest BCUT2D eigenvalue weighted by Gasteiger charge is -2.11. The molecular weight excluding hydrogens is 323 g/mol. The number of halogens is 1. The highest BCUT2D eigenvalue weighted by molar-refractivity contribution is 5.93. The van der Waals surface area contributed by atoms with Crippen molar-refractivity contribution in [1.29, 1.82) is 0 Å². The first-order valence-corrected chi connectivity index (χ1v) is 7.75. The van der Waals surface area contributed by atoms with Crippen LogP contribution < -0.4 is 5.32 Å². The number of amides is 1. The van der Waals surface area contributed by atoms with Crippen molar-refractivity contribution in [2.24, 2.45) is 5.92 Å². The Labute approximate surface area is 142 Å².